The fraction of sp³-hybridized carbons (Fsp3) is 0.692. The number of aryl methyl sites for hydroxylation is 1. The minimum atomic E-state index is -3.76. The van der Waals surface area contributed by atoms with Gasteiger partial charge >= 0.3 is 0 Å². The number of hydrogen-bond acceptors (Lipinski definition) is 4. The fourth-order valence-corrected chi connectivity index (χ4v) is 3.70. The van der Waals surface area contributed by atoms with Crippen molar-refractivity contribution in [2.75, 3.05) is 20.1 Å². The van der Waals surface area contributed by atoms with Gasteiger partial charge in [-0.15, -0.1) is 0 Å². The predicted molar refractivity (Wildman–Crippen MR) is 80.4 cm³/mol. The lowest BCUT2D eigenvalue weighted by atomic mass is 9.92. The summed E-state index contributed by atoms with van der Waals surface area (Å²) in [6, 6.07) is 0. The second-order valence-electron chi connectivity index (χ2n) is 5.87. The Morgan fingerprint density at radius 1 is 1.43 bits per heavy atom. The van der Waals surface area contributed by atoms with Gasteiger partial charge in [-0.2, -0.15) is 9.40 Å². The maximum atomic E-state index is 12.8. The number of likely N-dealkylation sites (N-methyl/N-ethyl adjacent to an activating group) is 2. The summed E-state index contributed by atoms with van der Waals surface area (Å²) in [7, 11) is -0.597. The Morgan fingerprint density at radius 2 is 2.00 bits per heavy atom. The molecule has 0 aliphatic heterocycles. The van der Waals surface area contributed by atoms with Crippen LogP contribution in [-0.4, -0.2) is 48.5 Å². The zero-order chi connectivity index (χ0) is 16.4. The Balaban J connectivity index is 3.33. The van der Waals surface area contributed by atoms with Gasteiger partial charge in [0.25, 0.3) is 0 Å². The summed E-state index contributed by atoms with van der Waals surface area (Å²) >= 11 is 0. The van der Waals surface area contributed by atoms with Crippen molar-refractivity contribution in [1.82, 2.24) is 19.4 Å². The van der Waals surface area contributed by atoms with E-state index in [4.69, 9.17) is 0 Å². The second kappa shape index (κ2) is 6.15. The molecule has 0 atom stereocenters. The third-order valence-corrected chi connectivity index (χ3v) is 5.00. The lowest BCUT2D eigenvalue weighted by Gasteiger charge is -2.22. The number of carbonyl (C=O) groups excluding carboxylic acids is 1. The zero-order valence-corrected chi connectivity index (χ0v) is 14.3. The van der Waals surface area contributed by atoms with E-state index < -0.39 is 15.4 Å². The molecule has 1 N–H and O–H groups in total. The van der Waals surface area contributed by atoms with Crippen molar-refractivity contribution in [3.8, 4) is 0 Å². The van der Waals surface area contributed by atoms with Crippen LogP contribution in [0.25, 0.3) is 0 Å². The number of nitrogens with zero attached hydrogens (tertiary/aromatic N) is 3. The molecular formula is C13H24N4O3S. The summed E-state index contributed by atoms with van der Waals surface area (Å²) in [6.45, 7) is 7.44. The van der Waals surface area contributed by atoms with Crippen LogP contribution in [0.1, 0.15) is 33.4 Å². The highest BCUT2D eigenvalue weighted by Crippen LogP contribution is 2.29. The molecule has 0 bridgehead atoms. The van der Waals surface area contributed by atoms with Crippen molar-refractivity contribution in [3.63, 3.8) is 0 Å². The van der Waals surface area contributed by atoms with Crippen LogP contribution in [0.4, 0.5) is 0 Å². The van der Waals surface area contributed by atoms with Crippen molar-refractivity contribution < 1.29 is 13.2 Å². The highest BCUT2D eigenvalue weighted by molar-refractivity contribution is 7.89. The number of nitrogens with one attached hydrogen (secondary N) is 1. The molecule has 0 aliphatic carbocycles. The molecule has 1 amide bonds. The zero-order valence-electron chi connectivity index (χ0n) is 13.5. The summed E-state index contributed by atoms with van der Waals surface area (Å²) in [6.07, 6.45) is 1.49. The van der Waals surface area contributed by atoms with Crippen LogP contribution in [-0.2, 0) is 27.3 Å². The largest absolute Gasteiger partial charge is 0.358 e. The van der Waals surface area contributed by atoms with Gasteiger partial charge in [0.15, 0.2) is 0 Å². The molecule has 120 valence electrons. The van der Waals surface area contributed by atoms with Crippen molar-refractivity contribution in [1.29, 1.82) is 0 Å². The summed E-state index contributed by atoms with van der Waals surface area (Å²) < 4.78 is 28.2. The first-order valence-electron chi connectivity index (χ1n) is 6.78. The smallest absolute Gasteiger partial charge is 0.246 e. The first-order chi connectivity index (χ1) is 9.53. The fourth-order valence-electron chi connectivity index (χ4n) is 1.92. The van der Waals surface area contributed by atoms with Gasteiger partial charge in [0.2, 0.25) is 15.9 Å². The van der Waals surface area contributed by atoms with E-state index in [0.717, 1.165) is 4.31 Å². The molecule has 1 aromatic rings. The van der Waals surface area contributed by atoms with E-state index in [9.17, 15) is 13.2 Å². The van der Waals surface area contributed by atoms with Crippen molar-refractivity contribution in [2.45, 2.75) is 38.0 Å². The van der Waals surface area contributed by atoms with Gasteiger partial charge in [-0.25, -0.2) is 8.42 Å². The predicted octanol–water partition coefficient (Wildman–Crippen LogP) is 0.474. The maximum Gasteiger partial charge on any atom is 0.246 e. The molecule has 0 saturated heterocycles. The second-order valence-corrected chi connectivity index (χ2v) is 7.78. The van der Waals surface area contributed by atoms with E-state index in [1.54, 1.807) is 14.0 Å². The average molecular weight is 316 g/mol. The van der Waals surface area contributed by atoms with Crippen LogP contribution < -0.4 is 5.32 Å². The van der Waals surface area contributed by atoms with E-state index in [0.29, 0.717) is 5.69 Å². The third-order valence-electron chi connectivity index (χ3n) is 3.07. The van der Waals surface area contributed by atoms with E-state index in [-0.39, 0.29) is 23.9 Å². The van der Waals surface area contributed by atoms with Crippen LogP contribution in [0.5, 0.6) is 0 Å². The van der Waals surface area contributed by atoms with Gasteiger partial charge in [-0.3, -0.25) is 9.48 Å². The minimum absolute atomic E-state index is 0.156. The van der Waals surface area contributed by atoms with Gasteiger partial charge in [0.05, 0.1) is 12.2 Å². The molecule has 0 saturated carbocycles. The van der Waals surface area contributed by atoms with E-state index in [2.05, 4.69) is 10.4 Å². The van der Waals surface area contributed by atoms with Crippen LogP contribution >= 0.6 is 0 Å². The monoisotopic (exact) mass is 316 g/mol. The average Bonchev–Trinajstić information content (AvgIpc) is 2.78. The Morgan fingerprint density at radius 3 is 2.43 bits per heavy atom. The van der Waals surface area contributed by atoms with E-state index in [1.165, 1.54) is 17.9 Å². The van der Waals surface area contributed by atoms with Gasteiger partial charge < -0.3 is 5.32 Å². The molecule has 8 heteroatoms. The molecule has 1 aromatic heterocycles. The Labute approximate surface area is 126 Å². The number of hydrogen-bond donors (Lipinski definition) is 1. The van der Waals surface area contributed by atoms with Crippen molar-refractivity contribution in [2.24, 2.45) is 7.05 Å². The molecule has 0 aliphatic rings. The van der Waals surface area contributed by atoms with Crippen LogP contribution in [0.3, 0.4) is 0 Å². The van der Waals surface area contributed by atoms with Crippen molar-refractivity contribution in [3.05, 3.63) is 11.9 Å². The number of carbonyl (C=O) groups is 1. The molecule has 1 heterocycles. The van der Waals surface area contributed by atoms with Crippen LogP contribution in [0.15, 0.2) is 11.1 Å². The third kappa shape index (κ3) is 3.82. The molecule has 7 nitrogen and oxygen atoms in total. The summed E-state index contributed by atoms with van der Waals surface area (Å²) in [5.74, 6) is -0.346. The number of amides is 1. The van der Waals surface area contributed by atoms with E-state index in [1.807, 2.05) is 20.8 Å². The number of rotatable bonds is 5. The molecule has 0 spiro atoms. The first kappa shape index (κ1) is 17.6. The van der Waals surface area contributed by atoms with Gasteiger partial charge in [-0.1, -0.05) is 27.7 Å². The normalized spacial score (nSPS) is 12.7. The van der Waals surface area contributed by atoms with Gasteiger partial charge in [0, 0.05) is 32.3 Å². The Hall–Kier alpha value is -1.41. The molecule has 0 aromatic carbocycles. The SMILES string of the molecule is CCN(CC(=O)NC)S(=O)(=O)c1cn(C)nc1C(C)(C)C. The molecule has 21 heavy (non-hydrogen) atoms. The van der Waals surface area contributed by atoms with Crippen molar-refractivity contribution >= 4 is 15.9 Å². The summed E-state index contributed by atoms with van der Waals surface area (Å²) in [4.78, 5) is 11.7. The Kier molecular flexibility index (Phi) is 5.16. The highest BCUT2D eigenvalue weighted by Gasteiger charge is 2.33. The van der Waals surface area contributed by atoms with Gasteiger partial charge in [-0.05, 0) is 0 Å². The van der Waals surface area contributed by atoms with Crippen LogP contribution in [0, 0.1) is 0 Å². The number of aromatic nitrogens is 2. The highest BCUT2D eigenvalue weighted by atomic mass is 32.2. The maximum absolute atomic E-state index is 12.8. The van der Waals surface area contributed by atoms with E-state index >= 15 is 0 Å². The minimum Gasteiger partial charge on any atom is -0.358 e. The number of sulfonamides is 1. The summed E-state index contributed by atoms with van der Waals surface area (Å²) in [5.41, 5.74) is 0.0937. The molecule has 0 radical (unpaired) electrons. The quantitative estimate of drug-likeness (QED) is 0.856. The lowest BCUT2D eigenvalue weighted by Crippen LogP contribution is -2.40. The molecule has 1 rings (SSSR count). The summed E-state index contributed by atoms with van der Waals surface area (Å²) in [5, 5.41) is 6.71. The standard InChI is InChI=1S/C13H24N4O3S/c1-7-17(9-11(18)14-5)21(19,20)10-8-16(6)15-12(10)13(2,3)4/h8H,7,9H2,1-6H3,(H,14,18). The topological polar surface area (TPSA) is 84.3 Å². The van der Waals surface area contributed by atoms with Crippen LogP contribution in [0.2, 0.25) is 0 Å². The lowest BCUT2D eigenvalue weighted by molar-refractivity contribution is -0.120. The molecule has 0 unspecified atom stereocenters. The first-order valence-corrected chi connectivity index (χ1v) is 8.23. The molecule has 0 fully saturated rings. The Bertz CT molecular complexity index is 614. The van der Waals surface area contributed by atoms with Gasteiger partial charge in [0.1, 0.15) is 4.90 Å². The molecular weight excluding hydrogens is 292 g/mol.